The smallest absolute Gasteiger partial charge is 0.126 e. The van der Waals surface area contributed by atoms with Gasteiger partial charge in [-0.25, -0.2) is 4.98 Å². The van der Waals surface area contributed by atoms with Crippen LogP contribution in [0.15, 0.2) is 12.1 Å². The van der Waals surface area contributed by atoms with Gasteiger partial charge in [-0.05, 0) is 26.1 Å². The Morgan fingerprint density at radius 3 is 2.88 bits per heavy atom. The van der Waals surface area contributed by atoms with Crippen LogP contribution in [-0.4, -0.2) is 41.7 Å². The second kappa shape index (κ2) is 6.68. The first-order valence-electron chi connectivity index (χ1n) is 5.36. The van der Waals surface area contributed by atoms with Crippen LogP contribution in [0.3, 0.4) is 0 Å². The van der Waals surface area contributed by atoms with Gasteiger partial charge in [-0.2, -0.15) is 0 Å². The number of pyridine rings is 1. The third kappa shape index (κ3) is 3.96. The molecule has 0 atom stereocenters. The molecule has 4 nitrogen and oxygen atoms in total. The van der Waals surface area contributed by atoms with Gasteiger partial charge < -0.3 is 10.4 Å². The van der Waals surface area contributed by atoms with Crippen molar-refractivity contribution < 1.29 is 5.11 Å². The number of anilines is 1. The molecular weight excluding hydrogens is 226 g/mol. The Morgan fingerprint density at radius 2 is 2.25 bits per heavy atom. The summed E-state index contributed by atoms with van der Waals surface area (Å²) >= 11 is 6.06. The van der Waals surface area contributed by atoms with Gasteiger partial charge in [0.15, 0.2) is 0 Å². The number of rotatable bonds is 6. The summed E-state index contributed by atoms with van der Waals surface area (Å²) in [6.45, 7) is 4.25. The molecule has 0 saturated heterocycles. The lowest BCUT2D eigenvalue weighted by Gasteiger charge is -2.16. The quantitative estimate of drug-likeness (QED) is 0.797. The van der Waals surface area contributed by atoms with E-state index in [0.717, 1.165) is 18.1 Å². The van der Waals surface area contributed by atoms with Crippen LogP contribution in [0.5, 0.6) is 0 Å². The Balaban J connectivity index is 2.73. The Labute approximate surface area is 101 Å². The number of likely N-dealkylation sites (N-methyl/N-ethyl adjacent to an activating group) is 1. The van der Waals surface area contributed by atoms with Crippen molar-refractivity contribution in [2.75, 3.05) is 32.1 Å². The average molecular weight is 244 g/mol. The highest BCUT2D eigenvalue weighted by Crippen LogP contribution is 2.17. The molecule has 0 bridgehead atoms. The van der Waals surface area contributed by atoms with E-state index >= 15 is 0 Å². The van der Waals surface area contributed by atoms with E-state index in [1.807, 2.05) is 31.0 Å². The molecule has 0 aliphatic carbocycles. The lowest BCUT2D eigenvalue weighted by molar-refractivity contribution is 0.216. The van der Waals surface area contributed by atoms with E-state index in [1.165, 1.54) is 0 Å². The zero-order chi connectivity index (χ0) is 12.0. The maximum absolute atomic E-state index is 8.82. The van der Waals surface area contributed by atoms with Crippen molar-refractivity contribution in [3.8, 4) is 0 Å². The van der Waals surface area contributed by atoms with Crippen LogP contribution in [0.1, 0.15) is 12.6 Å². The van der Waals surface area contributed by atoms with E-state index in [2.05, 4.69) is 10.3 Å². The first kappa shape index (κ1) is 13.2. The predicted molar refractivity (Wildman–Crippen MR) is 66.8 cm³/mol. The van der Waals surface area contributed by atoms with Crippen molar-refractivity contribution in [3.05, 3.63) is 22.8 Å². The van der Waals surface area contributed by atoms with Gasteiger partial charge in [0.2, 0.25) is 0 Å². The fraction of sp³-hybridized carbons (Fsp3) is 0.545. The van der Waals surface area contributed by atoms with Gasteiger partial charge in [-0.1, -0.05) is 11.6 Å². The number of hydrogen-bond donors (Lipinski definition) is 2. The minimum atomic E-state index is 0.140. The molecule has 0 aliphatic rings. The van der Waals surface area contributed by atoms with E-state index < -0.39 is 0 Å². The van der Waals surface area contributed by atoms with Crippen LogP contribution in [-0.2, 0) is 6.54 Å². The van der Waals surface area contributed by atoms with Gasteiger partial charge in [0.1, 0.15) is 5.82 Å². The van der Waals surface area contributed by atoms with E-state index in [0.29, 0.717) is 18.1 Å². The molecule has 1 heterocycles. The monoisotopic (exact) mass is 243 g/mol. The molecule has 90 valence electrons. The number of nitrogens with zero attached hydrogens (tertiary/aromatic N) is 2. The third-order valence-electron chi connectivity index (χ3n) is 2.18. The molecule has 0 saturated carbocycles. The molecule has 1 aromatic heterocycles. The van der Waals surface area contributed by atoms with Gasteiger partial charge in [-0.15, -0.1) is 0 Å². The Morgan fingerprint density at radius 1 is 1.50 bits per heavy atom. The van der Waals surface area contributed by atoms with Crippen molar-refractivity contribution in [3.63, 3.8) is 0 Å². The molecule has 5 heteroatoms. The van der Waals surface area contributed by atoms with E-state index in [4.69, 9.17) is 16.7 Å². The van der Waals surface area contributed by atoms with Crippen LogP contribution in [0, 0.1) is 0 Å². The van der Waals surface area contributed by atoms with Crippen molar-refractivity contribution in [2.24, 2.45) is 0 Å². The standard InChI is InChI=1S/C11H18ClN3O/c1-3-13-11-5-4-9(12)10(14-11)8-15(2)6-7-16/h4-5,16H,3,6-8H2,1-2H3,(H,13,14). The third-order valence-corrected chi connectivity index (χ3v) is 2.52. The van der Waals surface area contributed by atoms with E-state index in [-0.39, 0.29) is 6.61 Å². The summed E-state index contributed by atoms with van der Waals surface area (Å²) in [5.74, 6) is 0.833. The van der Waals surface area contributed by atoms with E-state index in [1.54, 1.807) is 0 Å². The fourth-order valence-electron chi connectivity index (χ4n) is 1.38. The first-order chi connectivity index (χ1) is 7.67. The molecule has 0 unspecified atom stereocenters. The molecule has 2 N–H and O–H groups in total. The molecule has 1 rings (SSSR count). The number of aliphatic hydroxyl groups is 1. The maximum atomic E-state index is 8.82. The molecule has 0 fully saturated rings. The maximum Gasteiger partial charge on any atom is 0.126 e. The van der Waals surface area contributed by atoms with Crippen molar-refractivity contribution in [1.29, 1.82) is 0 Å². The SMILES string of the molecule is CCNc1ccc(Cl)c(CN(C)CCO)n1. The molecule has 0 aromatic carbocycles. The second-order valence-corrected chi connectivity index (χ2v) is 4.02. The van der Waals surface area contributed by atoms with Crippen molar-refractivity contribution in [2.45, 2.75) is 13.5 Å². The summed E-state index contributed by atoms with van der Waals surface area (Å²) in [5, 5.41) is 12.6. The molecular formula is C11H18ClN3O. The zero-order valence-corrected chi connectivity index (χ0v) is 10.5. The summed E-state index contributed by atoms with van der Waals surface area (Å²) in [6.07, 6.45) is 0. The molecule has 0 spiro atoms. The minimum absolute atomic E-state index is 0.140. The van der Waals surface area contributed by atoms with Gasteiger partial charge in [0, 0.05) is 19.6 Å². The Hall–Kier alpha value is -0.840. The van der Waals surface area contributed by atoms with Crippen molar-refractivity contribution in [1.82, 2.24) is 9.88 Å². The summed E-state index contributed by atoms with van der Waals surface area (Å²) < 4.78 is 0. The van der Waals surface area contributed by atoms with Gasteiger partial charge in [0.05, 0.1) is 17.3 Å². The average Bonchev–Trinajstić information content (AvgIpc) is 2.24. The summed E-state index contributed by atoms with van der Waals surface area (Å²) in [6, 6.07) is 3.70. The number of aliphatic hydroxyl groups excluding tert-OH is 1. The number of hydrogen-bond acceptors (Lipinski definition) is 4. The van der Waals surface area contributed by atoms with Crippen LogP contribution in [0.2, 0.25) is 5.02 Å². The topological polar surface area (TPSA) is 48.4 Å². The van der Waals surface area contributed by atoms with Gasteiger partial charge in [0.25, 0.3) is 0 Å². The minimum Gasteiger partial charge on any atom is -0.395 e. The van der Waals surface area contributed by atoms with Gasteiger partial charge >= 0.3 is 0 Å². The second-order valence-electron chi connectivity index (χ2n) is 3.62. The molecule has 1 aromatic rings. The molecule has 0 radical (unpaired) electrons. The highest BCUT2D eigenvalue weighted by molar-refractivity contribution is 6.31. The zero-order valence-electron chi connectivity index (χ0n) is 9.70. The first-order valence-corrected chi connectivity index (χ1v) is 5.73. The number of halogens is 1. The highest BCUT2D eigenvalue weighted by Gasteiger charge is 2.06. The van der Waals surface area contributed by atoms with Crippen molar-refractivity contribution >= 4 is 17.4 Å². The molecule has 16 heavy (non-hydrogen) atoms. The van der Waals surface area contributed by atoms with Crippen LogP contribution in [0.4, 0.5) is 5.82 Å². The van der Waals surface area contributed by atoms with Gasteiger partial charge in [-0.3, -0.25) is 4.90 Å². The fourth-order valence-corrected chi connectivity index (χ4v) is 1.55. The number of aromatic nitrogens is 1. The largest absolute Gasteiger partial charge is 0.395 e. The van der Waals surface area contributed by atoms with Crippen LogP contribution >= 0.6 is 11.6 Å². The van der Waals surface area contributed by atoms with Crippen LogP contribution < -0.4 is 5.32 Å². The lowest BCUT2D eigenvalue weighted by Crippen LogP contribution is -2.22. The summed E-state index contributed by atoms with van der Waals surface area (Å²) in [5.41, 5.74) is 0.830. The molecule has 0 aliphatic heterocycles. The summed E-state index contributed by atoms with van der Waals surface area (Å²) in [7, 11) is 1.92. The molecule has 0 amide bonds. The van der Waals surface area contributed by atoms with E-state index in [9.17, 15) is 0 Å². The predicted octanol–water partition coefficient (Wildman–Crippen LogP) is 1.59. The summed E-state index contributed by atoms with van der Waals surface area (Å²) in [4.78, 5) is 6.39. The highest BCUT2D eigenvalue weighted by atomic mass is 35.5. The Kier molecular flexibility index (Phi) is 5.52. The Bertz CT molecular complexity index is 333. The normalized spacial score (nSPS) is 10.8. The van der Waals surface area contributed by atoms with Crippen LogP contribution in [0.25, 0.3) is 0 Å². The lowest BCUT2D eigenvalue weighted by atomic mass is 10.3. The number of nitrogens with one attached hydrogen (secondary N) is 1.